The summed E-state index contributed by atoms with van der Waals surface area (Å²) < 4.78 is 5.14. The smallest absolute Gasteiger partial charge is 0.340 e. The molecular formula is C17H16N2O4. The third-order valence-corrected chi connectivity index (χ3v) is 3.84. The van der Waals surface area contributed by atoms with Crippen molar-refractivity contribution < 1.29 is 19.4 Å². The summed E-state index contributed by atoms with van der Waals surface area (Å²) in [6.07, 6.45) is 1.68. The van der Waals surface area contributed by atoms with Crippen molar-refractivity contribution in [2.24, 2.45) is 0 Å². The van der Waals surface area contributed by atoms with Crippen molar-refractivity contribution in [3.8, 4) is 5.75 Å². The molecule has 3 N–H and O–H groups in total. The maximum atomic E-state index is 12.3. The third kappa shape index (κ3) is 2.38. The van der Waals surface area contributed by atoms with E-state index in [-0.39, 0.29) is 17.2 Å². The Morgan fingerprint density at radius 1 is 1.30 bits per heavy atom. The molecule has 0 aliphatic carbocycles. The number of rotatable bonds is 3. The van der Waals surface area contributed by atoms with Crippen molar-refractivity contribution >= 4 is 29.2 Å². The van der Waals surface area contributed by atoms with Crippen LogP contribution in [0.1, 0.15) is 32.9 Å². The molecule has 0 unspecified atom stereocenters. The van der Waals surface area contributed by atoms with Crippen LogP contribution in [0.15, 0.2) is 18.2 Å². The first-order valence-corrected chi connectivity index (χ1v) is 7.06. The van der Waals surface area contributed by atoms with Crippen LogP contribution in [0.3, 0.4) is 0 Å². The standard InChI is InChI=1S/C17H16N2O4/c1-8-6-9(2)18-12(8)7-10-14-11(19-16(10)20)4-5-13(23-3)15(14)17(21)22/h4-7,18H,1-3H3,(H,19,20)(H,21,22). The Hall–Kier alpha value is -3.02. The van der Waals surface area contributed by atoms with Crippen LogP contribution in [0.5, 0.6) is 5.75 Å². The van der Waals surface area contributed by atoms with Crippen LogP contribution < -0.4 is 10.1 Å². The molecule has 2 aromatic rings. The van der Waals surface area contributed by atoms with E-state index < -0.39 is 5.97 Å². The Morgan fingerprint density at radius 2 is 2.04 bits per heavy atom. The molecule has 118 valence electrons. The SMILES string of the molecule is COc1ccc2c(c1C(=O)O)C(=Cc1[nH]c(C)cc1C)C(=O)N2. The summed E-state index contributed by atoms with van der Waals surface area (Å²) in [5.41, 5.74) is 3.85. The van der Waals surface area contributed by atoms with Gasteiger partial charge in [0, 0.05) is 17.0 Å². The summed E-state index contributed by atoms with van der Waals surface area (Å²) in [6, 6.07) is 5.14. The van der Waals surface area contributed by atoms with E-state index in [1.54, 1.807) is 12.1 Å². The number of aromatic carboxylic acids is 1. The number of amides is 1. The van der Waals surface area contributed by atoms with Gasteiger partial charge in [-0.05, 0) is 43.7 Å². The van der Waals surface area contributed by atoms with E-state index in [1.165, 1.54) is 13.2 Å². The second-order valence-electron chi connectivity index (χ2n) is 5.43. The van der Waals surface area contributed by atoms with Gasteiger partial charge in [0.15, 0.2) is 0 Å². The lowest BCUT2D eigenvalue weighted by Gasteiger charge is -2.09. The first-order valence-electron chi connectivity index (χ1n) is 7.06. The van der Waals surface area contributed by atoms with Crippen LogP contribution in [0.4, 0.5) is 5.69 Å². The molecule has 23 heavy (non-hydrogen) atoms. The molecule has 0 saturated carbocycles. The average molecular weight is 312 g/mol. The number of aromatic amines is 1. The number of H-pyrrole nitrogens is 1. The monoisotopic (exact) mass is 312 g/mol. The van der Waals surface area contributed by atoms with Gasteiger partial charge in [-0.1, -0.05) is 0 Å². The molecule has 3 rings (SSSR count). The first kappa shape index (κ1) is 14.9. The number of aryl methyl sites for hydroxylation is 2. The lowest BCUT2D eigenvalue weighted by atomic mass is 9.98. The molecule has 1 aliphatic heterocycles. The molecular weight excluding hydrogens is 296 g/mol. The van der Waals surface area contributed by atoms with Crippen molar-refractivity contribution in [1.82, 2.24) is 4.98 Å². The first-order chi connectivity index (χ1) is 10.9. The van der Waals surface area contributed by atoms with Crippen LogP contribution >= 0.6 is 0 Å². The molecule has 6 nitrogen and oxygen atoms in total. The Morgan fingerprint density at radius 3 is 2.61 bits per heavy atom. The summed E-state index contributed by atoms with van der Waals surface area (Å²) >= 11 is 0. The number of carboxylic acid groups (broad SMARTS) is 1. The second-order valence-corrected chi connectivity index (χ2v) is 5.43. The van der Waals surface area contributed by atoms with Gasteiger partial charge in [-0.25, -0.2) is 4.79 Å². The van der Waals surface area contributed by atoms with E-state index in [2.05, 4.69) is 10.3 Å². The third-order valence-electron chi connectivity index (χ3n) is 3.84. The van der Waals surface area contributed by atoms with E-state index in [9.17, 15) is 14.7 Å². The van der Waals surface area contributed by atoms with Gasteiger partial charge in [-0.15, -0.1) is 0 Å². The number of carboxylic acids is 1. The van der Waals surface area contributed by atoms with Crippen molar-refractivity contribution in [2.45, 2.75) is 13.8 Å². The fourth-order valence-electron chi connectivity index (χ4n) is 2.83. The van der Waals surface area contributed by atoms with Crippen LogP contribution in [-0.4, -0.2) is 29.1 Å². The van der Waals surface area contributed by atoms with Crippen molar-refractivity contribution in [3.05, 3.63) is 46.3 Å². The van der Waals surface area contributed by atoms with Crippen LogP contribution in [0, 0.1) is 13.8 Å². The Kier molecular flexibility index (Phi) is 3.44. The molecule has 0 radical (unpaired) electrons. The molecule has 6 heteroatoms. The number of carbonyl (C=O) groups is 2. The molecule has 0 fully saturated rings. The summed E-state index contributed by atoms with van der Waals surface area (Å²) in [7, 11) is 1.40. The quantitative estimate of drug-likeness (QED) is 0.760. The van der Waals surface area contributed by atoms with Crippen LogP contribution in [-0.2, 0) is 4.79 Å². The molecule has 0 bridgehead atoms. The number of carbonyl (C=O) groups excluding carboxylic acids is 1. The van der Waals surface area contributed by atoms with E-state index in [0.717, 1.165) is 17.0 Å². The van der Waals surface area contributed by atoms with Crippen molar-refractivity contribution in [3.63, 3.8) is 0 Å². The molecule has 1 aromatic carbocycles. The molecule has 0 saturated heterocycles. The van der Waals surface area contributed by atoms with Gasteiger partial charge in [0.25, 0.3) is 5.91 Å². The predicted octanol–water partition coefficient (Wildman–Crippen LogP) is 2.83. The zero-order valence-electron chi connectivity index (χ0n) is 13.0. The average Bonchev–Trinajstić information content (AvgIpc) is 2.97. The summed E-state index contributed by atoms with van der Waals surface area (Å²) in [5.74, 6) is -1.25. The fourth-order valence-corrected chi connectivity index (χ4v) is 2.83. The number of fused-ring (bicyclic) bond motifs is 1. The Labute approximate surface area is 132 Å². The number of benzene rings is 1. The zero-order chi connectivity index (χ0) is 16.7. The summed E-state index contributed by atoms with van der Waals surface area (Å²) in [6.45, 7) is 3.84. The minimum atomic E-state index is -1.14. The molecule has 1 aliphatic rings. The highest BCUT2D eigenvalue weighted by Crippen LogP contribution is 2.40. The summed E-state index contributed by atoms with van der Waals surface area (Å²) in [5, 5.41) is 12.2. The van der Waals surface area contributed by atoms with Crippen molar-refractivity contribution in [2.75, 3.05) is 12.4 Å². The minimum absolute atomic E-state index is 0.0180. The van der Waals surface area contributed by atoms with Gasteiger partial charge >= 0.3 is 5.97 Å². The van der Waals surface area contributed by atoms with E-state index in [1.807, 2.05) is 19.9 Å². The topological polar surface area (TPSA) is 91.4 Å². The number of ether oxygens (including phenoxy) is 1. The number of anilines is 1. The van der Waals surface area contributed by atoms with E-state index in [4.69, 9.17) is 4.74 Å². The van der Waals surface area contributed by atoms with Gasteiger partial charge in [0.2, 0.25) is 0 Å². The number of aromatic nitrogens is 1. The van der Waals surface area contributed by atoms with Gasteiger partial charge < -0.3 is 20.1 Å². The minimum Gasteiger partial charge on any atom is -0.496 e. The highest BCUT2D eigenvalue weighted by molar-refractivity contribution is 6.36. The largest absolute Gasteiger partial charge is 0.496 e. The normalized spacial score (nSPS) is 14.7. The number of hydrogen-bond acceptors (Lipinski definition) is 3. The lowest BCUT2D eigenvalue weighted by Crippen LogP contribution is -2.05. The zero-order valence-corrected chi connectivity index (χ0v) is 13.0. The molecule has 0 atom stereocenters. The number of nitrogens with one attached hydrogen (secondary N) is 2. The predicted molar refractivity (Wildman–Crippen MR) is 86.7 cm³/mol. The molecule has 0 spiro atoms. The van der Waals surface area contributed by atoms with E-state index >= 15 is 0 Å². The highest BCUT2D eigenvalue weighted by Gasteiger charge is 2.32. The number of methoxy groups -OCH3 is 1. The summed E-state index contributed by atoms with van der Waals surface area (Å²) in [4.78, 5) is 27.1. The molecule has 1 aromatic heterocycles. The number of hydrogen-bond donors (Lipinski definition) is 3. The van der Waals surface area contributed by atoms with Crippen LogP contribution in [0.25, 0.3) is 11.6 Å². The Balaban J connectivity index is 2.26. The lowest BCUT2D eigenvalue weighted by molar-refractivity contribution is -0.110. The second kappa shape index (κ2) is 5.31. The maximum Gasteiger partial charge on any atom is 0.340 e. The fraction of sp³-hybridized carbons (Fsp3) is 0.176. The van der Waals surface area contributed by atoms with Crippen LogP contribution in [0.2, 0.25) is 0 Å². The molecule has 1 amide bonds. The van der Waals surface area contributed by atoms with Gasteiger partial charge in [-0.3, -0.25) is 4.79 Å². The molecule has 2 heterocycles. The highest BCUT2D eigenvalue weighted by atomic mass is 16.5. The van der Waals surface area contributed by atoms with Gasteiger partial charge in [-0.2, -0.15) is 0 Å². The van der Waals surface area contributed by atoms with Gasteiger partial charge in [0.05, 0.1) is 18.4 Å². The maximum absolute atomic E-state index is 12.3. The van der Waals surface area contributed by atoms with E-state index in [0.29, 0.717) is 16.8 Å². The Bertz CT molecular complexity index is 862. The van der Waals surface area contributed by atoms with Gasteiger partial charge in [0.1, 0.15) is 11.3 Å². The van der Waals surface area contributed by atoms with Crippen molar-refractivity contribution in [1.29, 1.82) is 0 Å².